The van der Waals surface area contributed by atoms with E-state index in [0.717, 1.165) is 12.8 Å². The molecule has 0 aromatic carbocycles. The molecule has 0 unspecified atom stereocenters. The van der Waals surface area contributed by atoms with Crippen LogP contribution in [0.4, 0.5) is 4.79 Å². The number of rotatable bonds is 3. The number of carbonyl (C=O) groups excluding carboxylic acids is 1. The second kappa shape index (κ2) is 5.18. The highest BCUT2D eigenvalue weighted by molar-refractivity contribution is 5.90. The molecule has 16 heavy (non-hydrogen) atoms. The van der Waals surface area contributed by atoms with Crippen LogP contribution in [0.15, 0.2) is 0 Å². The Bertz CT molecular complexity index is 269. The van der Waals surface area contributed by atoms with Crippen LogP contribution in [0.5, 0.6) is 0 Å². The smallest absolute Gasteiger partial charge is 0.315 e. The lowest BCUT2D eigenvalue weighted by Gasteiger charge is -2.28. The van der Waals surface area contributed by atoms with Crippen LogP contribution in [0.25, 0.3) is 0 Å². The van der Waals surface area contributed by atoms with Gasteiger partial charge in [0.05, 0.1) is 5.54 Å². The van der Waals surface area contributed by atoms with Crippen molar-refractivity contribution in [1.29, 1.82) is 5.41 Å². The van der Waals surface area contributed by atoms with E-state index in [1.807, 2.05) is 0 Å². The summed E-state index contributed by atoms with van der Waals surface area (Å²) in [6.07, 6.45) is 5.72. The third-order valence-electron chi connectivity index (χ3n) is 3.04. The molecule has 0 bridgehead atoms. The first kappa shape index (κ1) is 12.8. The van der Waals surface area contributed by atoms with Gasteiger partial charge in [-0.15, -0.1) is 0 Å². The lowest BCUT2D eigenvalue weighted by Crippen LogP contribution is -2.57. The third kappa shape index (κ3) is 3.72. The van der Waals surface area contributed by atoms with Crippen molar-refractivity contribution in [3.8, 4) is 0 Å². The molecule has 92 valence electrons. The molecule has 0 aromatic heterocycles. The minimum absolute atomic E-state index is 0.0358. The molecule has 0 radical (unpaired) electrons. The van der Waals surface area contributed by atoms with Gasteiger partial charge < -0.3 is 16.4 Å². The minimum atomic E-state index is -0.779. The molecule has 1 aliphatic rings. The molecular weight excluding hydrogens is 204 g/mol. The summed E-state index contributed by atoms with van der Waals surface area (Å²) in [6, 6.07) is 0.0450. The lowest BCUT2D eigenvalue weighted by atomic mass is 9.95. The highest BCUT2D eigenvalue weighted by Crippen LogP contribution is 2.17. The van der Waals surface area contributed by atoms with Crippen molar-refractivity contribution in [3.05, 3.63) is 0 Å². The molecule has 5 N–H and O–H groups in total. The zero-order valence-corrected chi connectivity index (χ0v) is 10.1. The molecule has 1 rings (SSSR count). The Hall–Kier alpha value is -1.26. The first-order valence-electron chi connectivity index (χ1n) is 5.85. The molecule has 0 atom stereocenters. The normalized spacial score (nSPS) is 17.9. The quantitative estimate of drug-likeness (QED) is 0.432. The van der Waals surface area contributed by atoms with Crippen molar-refractivity contribution in [1.82, 2.24) is 10.6 Å². The van der Waals surface area contributed by atoms with Crippen LogP contribution in [0.1, 0.15) is 46.0 Å². The first-order valence-corrected chi connectivity index (χ1v) is 5.85. The van der Waals surface area contributed by atoms with Gasteiger partial charge in [0.15, 0.2) is 0 Å². The maximum atomic E-state index is 11.7. The van der Waals surface area contributed by atoms with Crippen molar-refractivity contribution in [3.63, 3.8) is 0 Å². The van der Waals surface area contributed by atoms with E-state index in [1.54, 1.807) is 13.8 Å². The van der Waals surface area contributed by atoms with Crippen LogP contribution in [0.3, 0.4) is 0 Å². The van der Waals surface area contributed by atoms with E-state index in [1.165, 1.54) is 19.3 Å². The summed E-state index contributed by atoms with van der Waals surface area (Å²) in [4.78, 5) is 11.7. The van der Waals surface area contributed by atoms with E-state index >= 15 is 0 Å². The molecule has 0 aromatic rings. The van der Waals surface area contributed by atoms with Crippen LogP contribution in [-0.2, 0) is 0 Å². The van der Waals surface area contributed by atoms with Crippen molar-refractivity contribution in [2.75, 3.05) is 0 Å². The largest absolute Gasteiger partial charge is 0.386 e. The Morgan fingerprint density at radius 1 is 1.31 bits per heavy atom. The van der Waals surface area contributed by atoms with Crippen LogP contribution < -0.4 is 16.4 Å². The van der Waals surface area contributed by atoms with E-state index in [2.05, 4.69) is 10.6 Å². The SMILES string of the molecule is CC(C)(NC(=O)NC1CCCCC1)C(=N)N. The van der Waals surface area contributed by atoms with Crippen LogP contribution in [-0.4, -0.2) is 23.4 Å². The fraction of sp³-hybridized carbons (Fsp3) is 0.818. The van der Waals surface area contributed by atoms with Gasteiger partial charge in [-0.2, -0.15) is 0 Å². The second-order valence-electron chi connectivity index (χ2n) is 4.97. The summed E-state index contributed by atoms with van der Waals surface area (Å²) >= 11 is 0. The molecular formula is C11H22N4O. The predicted molar refractivity (Wildman–Crippen MR) is 64.5 cm³/mol. The number of urea groups is 1. The molecule has 1 aliphatic carbocycles. The summed E-state index contributed by atoms with van der Waals surface area (Å²) in [5.41, 5.74) is 4.61. The summed E-state index contributed by atoms with van der Waals surface area (Å²) in [7, 11) is 0. The molecule has 0 aliphatic heterocycles. The minimum Gasteiger partial charge on any atom is -0.386 e. The van der Waals surface area contributed by atoms with Crippen LogP contribution in [0.2, 0.25) is 0 Å². The average Bonchev–Trinajstić information content (AvgIpc) is 2.17. The molecule has 5 nitrogen and oxygen atoms in total. The zero-order chi connectivity index (χ0) is 12.2. The number of amides is 2. The Kier molecular flexibility index (Phi) is 4.15. The van der Waals surface area contributed by atoms with Gasteiger partial charge in [-0.1, -0.05) is 19.3 Å². The predicted octanol–water partition coefficient (Wildman–Crippen LogP) is 1.33. The zero-order valence-electron chi connectivity index (χ0n) is 10.1. The molecule has 1 fully saturated rings. The fourth-order valence-electron chi connectivity index (χ4n) is 1.82. The van der Waals surface area contributed by atoms with Gasteiger partial charge in [0.2, 0.25) is 0 Å². The van der Waals surface area contributed by atoms with Crippen molar-refractivity contribution in [2.45, 2.75) is 57.5 Å². The van der Waals surface area contributed by atoms with Gasteiger partial charge in [0.25, 0.3) is 0 Å². The number of hydrogen-bond donors (Lipinski definition) is 4. The first-order chi connectivity index (χ1) is 7.42. The van der Waals surface area contributed by atoms with Crippen LogP contribution >= 0.6 is 0 Å². The molecule has 5 heteroatoms. The average molecular weight is 226 g/mol. The number of amidine groups is 1. The van der Waals surface area contributed by atoms with Gasteiger partial charge >= 0.3 is 6.03 Å². The summed E-state index contributed by atoms with van der Waals surface area (Å²) in [5.74, 6) is -0.0358. The standard InChI is InChI=1S/C11H22N4O/c1-11(2,9(12)13)15-10(16)14-8-6-4-3-5-7-8/h8H,3-7H2,1-2H3,(H3,12,13)(H2,14,15,16). The molecule has 0 heterocycles. The third-order valence-corrected chi connectivity index (χ3v) is 3.04. The van der Waals surface area contributed by atoms with Crippen LogP contribution in [0, 0.1) is 5.41 Å². The second-order valence-corrected chi connectivity index (χ2v) is 4.97. The van der Waals surface area contributed by atoms with E-state index < -0.39 is 5.54 Å². The molecule has 2 amide bonds. The summed E-state index contributed by atoms with van der Waals surface area (Å²) < 4.78 is 0. The lowest BCUT2D eigenvalue weighted by molar-refractivity contribution is 0.227. The highest BCUT2D eigenvalue weighted by Gasteiger charge is 2.25. The highest BCUT2D eigenvalue weighted by atomic mass is 16.2. The fourth-order valence-corrected chi connectivity index (χ4v) is 1.82. The number of hydrogen-bond acceptors (Lipinski definition) is 2. The Labute approximate surface area is 96.7 Å². The van der Waals surface area contributed by atoms with E-state index in [9.17, 15) is 4.79 Å². The van der Waals surface area contributed by atoms with E-state index in [0.29, 0.717) is 0 Å². The molecule has 0 spiro atoms. The maximum Gasteiger partial charge on any atom is 0.315 e. The van der Waals surface area contributed by atoms with Crippen molar-refractivity contribution >= 4 is 11.9 Å². The number of nitrogens with one attached hydrogen (secondary N) is 3. The summed E-state index contributed by atoms with van der Waals surface area (Å²) in [5, 5.41) is 13.0. The topological polar surface area (TPSA) is 91.0 Å². The van der Waals surface area contributed by atoms with E-state index in [-0.39, 0.29) is 17.9 Å². The monoisotopic (exact) mass is 226 g/mol. The van der Waals surface area contributed by atoms with Gasteiger partial charge in [0, 0.05) is 6.04 Å². The molecule has 1 saturated carbocycles. The summed E-state index contributed by atoms with van der Waals surface area (Å²) in [6.45, 7) is 3.44. The van der Waals surface area contributed by atoms with Gasteiger partial charge in [0.1, 0.15) is 5.84 Å². The maximum absolute atomic E-state index is 11.7. The van der Waals surface area contributed by atoms with Crippen molar-refractivity contribution in [2.24, 2.45) is 5.73 Å². The Morgan fingerprint density at radius 3 is 2.38 bits per heavy atom. The van der Waals surface area contributed by atoms with E-state index in [4.69, 9.17) is 11.1 Å². The Balaban J connectivity index is 2.37. The Morgan fingerprint density at radius 2 is 1.88 bits per heavy atom. The van der Waals surface area contributed by atoms with Crippen molar-refractivity contribution < 1.29 is 4.79 Å². The van der Waals surface area contributed by atoms with Gasteiger partial charge in [-0.3, -0.25) is 5.41 Å². The number of carbonyl (C=O) groups is 1. The van der Waals surface area contributed by atoms with Gasteiger partial charge in [-0.05, 0) is 26.7 Å². The van der Waals surface area contributed by atoms with Gasteiger partial charge in [-0.25, -0.2) is 4.79 Å². The number of nitrogens with two attached hydrogens (primary N) is 1. The molecule has 0 saturated heterocycles.